The predicted octanol–water partition coefficient (Wildman–Crippen LogP) is 11.7. The Hall–Kier alpha value is -4.47. The standard InChI is InChI=1S/C48H62N6O6S3/c1-4-7-10-13-16-19-28-61(55,56)34-22-25-37-40(31-34)46-49-43(37)53-47-42-33-36(63(59,60)30-21-18-15-12-9-6-3)24-27-39(42)45(51-47)54-48-41-32-35(23-26-38(41)44(50-48)52-46)62(57,58)29-20-17-14-11-8-5-2/h22-27,31-33H,4-21,28-30H2,1-3H3,(H2,49,50,51,52,53,54). The van der Waals surface area contributed by atoms with Crippen LogP contribution in [-0.4, -0.2) is 72.4 Å². The number of nitrogens with one attached hydrogen (secondary N) is 2. The zero-order valence-corrected chi connectivity index (χ0v) is 39.5. The van der Waals surface area contributed by atoms with Crippen LogP contribution in [0.5, 0.6) is 0 Å². The summed E-state index contributed by atoms with van der Waals surface area (Å²) in [6.45, 7) is 6.45. The van der Waals surface area contributed by atoms with Gasteiger partial charge in [0.25, 0.3) is 0 Å². The molecule has 338 valence electrons. The number of aromatic amines is 2. The molecule has 0 aliphatic carbocycles. The van der Waals surface area contributed by atoms with Crippen molar-refractivity contribution in [3.05, 3.63) is 54.6 Å². The fraction of sp³-hybridized carbons (Fsp3) is 0.500. The van der Waals surface area contributed by atoms with Crippen molar-refractivity contribution in [3.63, 3.8) is 0 Å². The quantitative estimate of drug-likeness (QED) is 0.0553. The molecule has 4 heterocycles. The fourth-order valence-electron chi connectivity index (χ4n) is 8.47. The second-order valence-electron chi connectivity index (χ2n) is 17.1. The summed E-state index contributed by atoms with van der Waals surface area (Å²) >= 11 is 0. The van der Waals surface area contributed by atoms with E-state index in [1.807, 2.05) is 0 Å². The van der Waals surface area contributed by atoms with E-state index in [-0.39, 0.29) is 43.6 Å². The first-order valence-corrected chi connectivity index (χ1v) is 28.1. The highest BCUT2D eigenvalue weighted by molar-refractivity contribution is 7.92. The monoisotopic (exact) mass is 914 g/mol. The molecule has 0 unspecified atom stereocenters. The van der Waals surface area contributed by atoms with Crippen molar-refractivity contribution in [1.29, 1.82) is 0 Å². The van der Waals surface area contributed by atoms with Gasteiger partial charge in [-0.3, -0.25) is 0 Å². The number of hydrogen-bond acceptors (Lipinski definition) is 10. The summed E-state index contributed by atoms with van der Waals surface area (Å²) in [7, 11) is -10.9. The van der Waals surface area contributed by atoms with E-state index in [0.717, 1.165) is 96.3 Å². The smallest absolute Gasteiger partial charge is 0.178 e. The third kappa shape index (κ3) is 10.9. The molecule has 0 saturated carbocycles. The number of H-pyrrole nitrogens is 2. The second-order valence-corrected chi connectivity index (χ2v) is 23.4. The van der Waals surface area contributed by atoms with Gasteiger partial charge in [0.1, 0.15) is 22.6 Å². The van der Waals surface area contributed by atoms with Gasteiger partial charge in [0.05, 0.1) is 31.9 Å². The van der Waals surface area contributed by atoms with Crippen LogP contribution in [0.2, 0.25) is 0 Å². The molecule has 12 nitrogen and oxygen atoms in total. The summed E-state index contributed by atoms with van der Waals surface area (Å²) < 4.78 is 82.3. The van der Waals surface area contributed by atoms with Gasteiger partial charge < -0.3 is 9.97 Å². The van der Waals surface area contributed by atoms with E-state index in [0.29, 0.717) is 74.5 Å². The highest BCUT2D eigenvalue weighted by Gasteiger charge is 2.25. The van der Waals surface area contributed by atoms with Crippen molar-refractivity contribution in [2.24, 2.45) is 0 Å². The summed E-state index contributed by atoms with van der Waals surface area (Å²) in [4.78, 5) is 27.0. The Labute approximate surface area is 372 Å². The van der Waals surface area contributed by atoms with Gasteiger partial charge in [-0.2, -0.15) is 0 Å². The van der Waals surface area contributed by atoms with Crippen LogP contribution in [0, 0.1) is 0 Å². The van der Waals surface area contributed by atoms with Crippen LogP contribution in [0.1, 0.15) is 136 Å². The Balaban J connectivity index is 1.36. The minimum atomic E-state index is -3.63. The Bertz CT molecular complexity index is 3000. The third-order valence-corrected chi connectivity index (χ3v) is 17.6. The van der Waals surface area contributed by atoms with Crippen molar-refractivity contribution in [2.45, 2.75) is 151 Å². The van der Waals surface area contributed by atoms with Crippen LogP contribution in [0.25, 0.3) is 66.9 Å². The molecule has 3 aromatic carbocycles. The van der Waals surface area contributed by atoms with Gasteiger partial charge in [0.15, 0.2) is 41.2 Å². The lowest BCUT2D eigenvalue weighted by atomic mass is 10.1. The van der Waals surface area contributed by atoms with Crippen molar-refractivity contribution in [3.8, 4) is 22.8 Å². The number of benzene rings is 3. The van der Waals surface area contributed by atoms with Crippen molar-refractivity contribution >= 4 is 73.6 Å². The third-order valence-electron chi connectivity index (χ3n) is 12.2. The Morgan fingerprint density at radius 3 is 1.17 bits per heavy atom. The first-order valence-electron chi connectivity index (χ1n) is 23.1. The molecule has 63 heavy (non-hydrogen) atoms. The molecule has 0 saturated heterocycles. The van der Waals surface area contributed by atoms with E-state index < -0.39 is 29.5 Å². The van der Waals surface area contributed by atoms with Gasteiger partial charge in [-0.1, -0.05) is 117 Å². The summed E-state index contributed by atoms with van der Waals surface area (Å²) in [5, 5.41) is 2.25. The Morgan fingerprint density at radius 2 is 0.714 bits per heavy atom. The SMILES string of the molecule is CCCCCCCCS(=O)(=O)c1ccc2c(c1)-c1nc-2nc2[nH]c(nc3[nH]c(n1)c1ccc(S(=O)(=O)CCCCCCCC)cc31)c1ccc(S(=O)(=O)CCCCCCCC)cc21. The van der Waals surface area contributed by atoms with Crippen molar-refractivity contribution < 1.29 is 25.3 Å². The molecule has 0 radical (unpaired) electrons. The van der Waals surface area contributed by atoms with Crippen LogP contribution < -0.4 is 0 Å². The minimum Gasteiger partial charge on any atom is -0.324 e. The molecule has 7 rings (SSSR count). The Morgan fingerprint density at radius 1 is 0.365 bits per heavy atom. The van der Waals surface area contributed by atoms with E-state index in [9.17, 15) is 25.3 Å². The van der Waals surface area contributed by atoms with Gasteiger partial charge in [-0.15, -0.1) is 0 Å². The molecule has 0 atom stereocenters. The molecule has 6 bridgehead atoms. The molecule has 0 fully saturated rings. The number of rotatable bonds is 24. The Kier molecular flexibility index (Phi) is 15.2. The number of aromatic nitrogens is 6. The van der Waals surface area contributed by atoms with E-state index in [4.69, 9.17) is 19.9 Å². The highest BCUT2D eigenvalue weighted by atomic mass is 32.2. The van der Waals surface area contributed by atoms with Gasteiger partial charge >= 0.3 is 0 Å². The number of unbranched alkanes of at least 4 members (excludes halogenated alkanes) is 15. The largest absolute Gasteiger partial charge is 0.324 e. The maximum absolute atomic E-state index is 13.7. The van der Waals surface area contributed by atoms with Crippen molar-refractivity contribution in [2.75, 3.05) is 17.3 Å². The number of hydrogen-bond donors (Lipinski definition) is 2. The normalized spacial score (nSPS) is 12.8. The zero-order chi connectivity index (χ0) is 44.6. The topological polar surface area (TPSA) is 186 Å². The fourth-order valence-corrected chi connectivity index (χ4v) is 12.6. The lowest BCUT2D eigenvalue weighted by molar-refractivity contribution is 0.582. The van der Waals surface area contributed by atoms with Crippen LogP contribution in [-0.2, 0) is 29.5 Å². The molecule has 15 heteroatoms. The second kappa shape index (κ2) is 20.6. The van der Waals surface area contributed by atoms with Gasteiger partial charge in [-0.25, -0.2) is 45.2 Å². The van der Waals surface area contributed by atoms with Crippen LogP contribution in [0.3, 0.4) is 0 Å². The first-order chi connectivity index (χ1) is 30.3. The van der Waals surface area contributed by atoms with Gasteiger partial charge in [0, 0.05) is 32.7 Å². The molecule has 3 aromatic heterocycles. The summed E-state index contributed by atoms with van der Waals surface area (Å²) in [6, 6.07) is 14.8. The van der Waals surface area contributed by atoms with E-state index in [1.54, 1.807) is 54.6 Å². The van der Waals surface area contributed by atoms with Gasteiger partial charge in [0.2, 0.25) is 0 Å². The molecule has 1 aliphatic heterocycles. The average molecular weight is 915 g/mol. The van der Waals surface area contributed by atoms with Crippen LogP contribution >= 0.6 is 0 Å². The van der Waals surface area contributed by atoms with E-state index in [2.05, 4.69) is 30.7 Å². The number of sulfone groups is 3. The number of nitrogens with zero attached hydrogens (tertiary/aromatic N) is 4. The summed E-state index contributed by atoms with van der Waals surface area (Å²) in [5.74, 6) is 0.599. The molecule has 0 amide bonds. The average Bonchev–Trinajstić information content (AvgIpc) is 3.91. The summed E-state index contributed by atoms with van der Waals surface area (Å²) in [5.41, 5.74) is 2.47. The highest BCUT2D eigenvalue weighted by Crippen LogP contribution is 2.38. The van der Waals surface area contributed by atoms with Crippen LogP contribution in [0.4, 0.5) is 0 Å². The maximum atomic E-state index is 13.7. The van der Waals surface area contributed by atoms with Crippen LogP contribution in [0.15, 0.2) is 69.3 Å². The lowest BCUT2D eigenvalue weighted by Gasteiger charge is -2.07. The molecular formula is C48H62N6O6S3. The zero-order valence-electron chi connectivity index (χ0n) is 37.0. The molecular weight excluding hydrogens is 853 g/mol. The molecule has 1 aliphatic rings. The summed E-state index contributed by atoms with van der Waals surface area (Å²) in [6.07, 6.45) is 17.3. The molecule has 2 N–H and O–H groups in total. The maximum Gasteiger partial charge on any atom is 0.178 e. The van der Waals surface area contributed by atoms with Gasteiger partial charge in [-0.05, 0) is 73.9 Å². The van der Waals surface area contributed by atoms with Crippen molar-refractivity contribution in [1.82, 2.24) is 29.9 Å². The number of fused-ring (bicyclic) bond motifs is 15. The first kappa shape index (κ1) is 46.5. The molecule has 0 spiro atoms. The molecule has 6 aromatic rings. The predicted molar refractivity (Wildman–Crippen MR) is 255 cm³/mol. The van der Waals surface area contributed by atoms with E-state index in [1.165, 1.54) is 0 Å². The lowest BCUT2D eigenvalue weighted by Crippen LogP contribution is -2.07. The minimum absolute atomic E-state index is 0.0278. The van der Waals surface area contributed by atoms with E-state index >= 15 is 0 Å².